The summed E-state index contributed by atoms with van der Waals surface area (Å²) in [5.74, 6) is 0. The van der Waals surface area contributed by atoms with Crippen molar-refractivity contribution in [1.29, 1.82) is 0 Å². The Bertz CT molecular complexity index is 903. The van der Waals surface area contributed by atoms with Gasteiger partial charge in [0, 0.05) is 10.9 Å². The second-order valence-electron chi connectivity index (χ2n) is 6.55. The molecular weight excluding hydrogens is 304 g/mol. The van der Waals surface area contributed by atoms with E-state index in [9.17, 15) is 9.59 Å². The van der Waals surface area contributed by atoms with E-state index in [-0.39, 0.29) is 0 Å². The molecule has 0 aliphatic heterocycles. The number of aromatic nitrogens is 2. The van der Waals surface area contributed by atoms with Gasteiger partial charge in [-0.25, -0.2) is 4.79 Å². The Hall–Kier alpha value is -2.95. The van der Waals surface area contributed by atoms with Crippen molar-refractivity contribution in [2.24, 2.45) is 0 Å². The first-order valence-corrected chi connectivity index (χ1v) is 7.64. The maximum Gasteiger partial charge on any atom is 0.435 e. The van der Waals surface area contributed by atoms with Crippen LogP contribution in [-0.4, -0.2) is 27.8 Å². The van der Waals surface area contributed by atoms with Crippen LogP contribution in [0.5, 0.6) is 0 Å². The zero-order valence-electron chi connectivity index (χ0n) is 13.8. The summed E-state index contributed by atoms with van der Waals surface area (Å²) in [5.41, 5.74) is 2.74. The molecule has 1 heterocycles. The molecule has 0 fully saturated rings. The topological polar surface area (TPSA) is 61.2 Å². The molecule has 5 heteroatoms. The van der Waals surface area contributed by atoms with Crippen molar-refractivity contribution in [2.45, 2.75) is 26.4 Å². The van der Waals surface area contributed by atoms with E-state index in [1.54, 1.807) is 18.3 Å². The third-order valence-electron chi connectivity index (χ3n) is 3.51. The molecule has 1 aromatic heterocycles. The Labute approximate surface area is 139 Å². The highest BCUT2D eigenvalue weighted by atomic mass is 16.6. The van der Waals surface area contributed by atoms with E-state index in [0.29, 0.717) is 11.1 Å². The first-order valence-electron chi connectivity index (χ1n) is 7.64. The van der Waals surface area contributed by atoms with Gasteiger partial charge in [-0.05, 0) is 44.0 Å². The predicted molar refractivity (Wildman–Crippen MR) is 92.2 cm³/mol. The molecule has 0 radical (unpaired) electrons. The molecule has 122 valence electrons. The predicted octanol–water partition coefficient (Wildman–Crippen LogP) is 4.30. The summed E-state index contributed by atoms with van der Waals surface area (Å²) >= 11 is 0. The van der Waals surface area contributed by atoms with Crippen LogP contribution in [0.25, 0.3) is 22.0 Å². The summed E-state index contributed by atoms with van der Waals surface area (Å²) in [4.78, 5) is 22.9. The molecule has 0 unspecified atom stereocenters. The van der Waals surface area contributed by atoms with Crippen molar-refractivity contribution < 1.29 is 14.3 Å². The quantitative estimate of drug-likeness (QED) is 0.660. The summed E-state index contributed by atoms with van der Waals surface area (Å²) in [6, 6.07) is 13.1. The molecule has 0 spiro atoms. The van der Waals surface area contributed by atoms with Crippen molar-refractivity contribution >= 4 is 23.3 Å². The molecule has 0 N–H and O–H groups in total. The highest BCUT2D eigenvalue weighted by Gasteiger charge is 2.20. The summed E-state index contributed by atoms with van der Waals surface area (Å²) in [5, 5.41) is 4.98. The third-order valence-corrected chi connectivity index (χ3v) is 3.51. The van der Waals surface area contributed by atoms with E-state index in [0.717, 1.165) is 22.8 Å². The maximum atomic E-state index is 12.2. The monoisotopic (exact) mass is 322 g/mol. The first-order chi connectivity index (χ1) is 11.4. The number of nitrogens with zero attached hydrogens (tertiary/aromatic N) is 2. The third kappa shape index (κ3) is 3.20. The molecule has 0 amide bonds. The van der Waals surface area contributed by atoms with Gasteiger partial charge in [0.05, 0.1) is 11.7 Å². The van der Waals surface area contributed by atoms with Crippen LogP contribution in [0.15, 0.2) is 48.7 Å². The smallest absolute Gasteiger partial charge is 0.435 e. The molecular formula is C19H18N2O3. The van der Waals surface area contributed by atoms with Crippen LogP contribution in [0.2, 0.25) is 0 Å². The molecule has 0 saturated heterocycles. The molecule has 0 bridgehead atoms. The van der Waals surface area contributed by atoms with Gasteiger partial charge in [-0.15, -0.1) is 0 Å². The minimum atomic E-state index is -0.574. The molecule has 0 aliphatic rings. The van der Waals surface area contributed by atoms with E-state index in [4.69, 9.17) is 4.74 Å². The normalized spacial score (nSPS) is 11.5. The van der Waals surface area contributed by atoms with Crippen molar-refractivity contribution in [1.82, 2.24) is 9.78 Å². The minimum absolute atomic E-state index is 0.499. The Kier molecular flexibility index (Phi) is 3.93. The van der Waals surface area contributed by atoms with Crippen LogP contribution in [0.4, 0.5) is 4.79 Å². The maximum absolute atomic E-state index is 12.2. The van der Waals surface area contributed by atoms with Gasteiger partial charge in [0.1, 0.15) is 11.9 Å². The highest BCUT2D eigenvalue weighted by molar-refractivity contribution is 5.90. The molecule has 3 aromatic rings. The first kappa shape index (κ1) is 15.9. The van der Waals surface area contributed by atoms with Gasteiger partial charge in [-0.2, -0.15) is 9.78 Å². The fraction of sp³-hybridized carbons (Fsp3) is 0.211. The van der Waals surface area contributed by atoms with Gasteiger partial charge >= 0.3 is 6.09 Å². The number of fused-ring (bicyclic) bond motifs is 1. The number of carbonyl (C=O) groups excluding carboxylic acids is 2. The van der Waals surface area contributed by atoms with Crippen molar-refractivity contribution in [3.05, 3.63) is 54.2 Å². The van der Waals surface area contributed by atoms with E-state index < -0.39 is 11.7 Å². The lowest BCUT2D eigenvalue weighted by Crippen LogP contribution is -2.27. The van der Waals surface area contributed by atoms with Gasteiger partial charge in [0.15, 0.2) is 0 Å². The van der Waals surface area contributed by atoms with Crippen LogP contribution < -0.4 is 0 Å². The fourth-order valence-electron chi connectivity index (χ4n) is 2.42. The van der Waals surface area contributed by atoms with E-state index in [1.165, 1.54) is 4.68 Å². The van der Waals surface area contributed by atoms with Crippen molar-refractivity contribution in [3.63, 3.8) is 0 Å². The molecule has 3 rings (SSSR count). The highest BCUT2D eigenvalue weighted by Crippen LogP contribution is 2.25. The zero-order chi connectivity index (χ0) is 17.3. The van der Waals surface area contributed by atoms with E-state index in [2.05, 4.69) is 5.10 Å². The Balaban J connectivity index is 1.95. The van der Waals surface area contributed by atoms with Gasteiger partial charge < -0.3 is 4.74 Å². The van der Waals surface area contributed by atoms with Crippen LogP contribution in [0.1, 0.15) is 31.1 Å². The Morgan fingerprint density at radius 3 is 2.38 bits per heavy atom. The number of carbonyl (C=O) groups is 2. The summed E-state index contributed by atoms with van der Waals surface area (Å²) in [6.45, 7) is 5.45. The molecule has 0 aliphatic carbocycles. The molecule has 24 heavy (non-hydrogen) atoms. The average Bonchev–Trinajstić information content (AvgIpc) is 2.96. The Morgan fingerprint density at radius 2 is 1.75 bits per heavy atom. The van der Waals surface area contributed by atoms with Crippen LogP contribution in [-0.2, 0) is 4.74 Å². The molecule has 5 nitrogen and oxygen atoms in total. The van der Waals surface area contributed by atoms with Crippen LogP contribution >= 0.6 is 0 Å². The fourth-order valence-corrected chi connectivity index (χ4v) is 2.42. The van der Waals surface area contributed by atoms with Gasteiger partial charge in [-0.3, -0.25) is 4.79 Å². The van der Waals surface area contributed by atoms with Gasteiger partial charge in [0.2, 0.25) is 0 Å². The summed E-state index contributed by atoms with van der Waals surface area (Å²) < 4.78 is 6.62. The van der Waals surface area contributed by atoms with Gasteiger partial charge in [-0.1, -0.05) is 30.3 Å². The lowest BCUT2D eigenvalue weighted by molar-refractivity contribution is 0.0522. The second kappa shape index (κ2) is 5.92. The standard InChI is InChI=1S/C19H18N2O3/c1-19(2,3)24-18(23)21-17-9-8-15(10-16(17)11-20-21)14-6-4-13(12-22)5-7-14/h4-12H,1-3H3. The van der Waals surface area contributed by atoms with Crippen LogP contribution in [0, 0.1) is 0 Å². The SMILES string of the molecule is CC(C)(C)OC(=O)n1ncc2cc(-c3ccc(C=O)cc3)ccc21. The number of hydrogen-bond acceptors (Lipinski definition) is 4. The summed E-state index contributed by atoms with van der Waals surface area (Å²) in [7, 11) is 0. The van der Waals surface area contributed by atoms with Crippen molar-refractivity contribution in [2.75, 3.05) is 0 Å². The lowest BCUT2D eigenvalue weighted by atomic mass is 10.0. The molecule has 0 saturated carbocycles. The second-order valence-corrected chi connectivity index (χ2v) is 6.55. The Morgan fingerprint density at radius 1 is 1.08 bits per heavy atom. The van der Waals surface area contributed by atoms with Crippen LogP contribution in [0.3, 0.4) is 0 Å². The number of aldehydes is 1. The number of ether oxygens (including phenoxy) is 1. The average molecular weight is 322 g/mol. The van der Waals surface area contributed by atoms with E-state index >= 15 is 0 Å². The largest absolute Gasteiger partial charge is 0.442 e. The minimum Gasteiger partial charge on any atom is -0.442 e. The van der Waals surface area contributed by atoms with Gasteiger partial charge in [0.25, 0.3) is 0 Å². The lowest BCUT2D eigenvalue weighted by Gasteiger charge is -2.19. The molecule has 0 atom stereocenters. The summed E-state index contributed by atoms with van der Waals surface area (Å²) in [6.07, 6.45) is 1.96. The number of rotatable bonds is 2. The van der Waals surface area contributed by atoms with E-state index in [1.807, 2.05) is 51.1 Å². The number of benzene rings is 2. The zero-order valence-corrected chi connectivity index (χ0v) is 13.8. The van der Waals surface area contributed by atoms with Crippen molar-refractivity contribution in [3.8, 4) is 11.1 Å². The number of hydrogen-bond donors (Lipinski definition) is 0. The molecule has 2 aromatic carbocycles.